The van der Waals surface area contributed by atoms with Crippen molar-refractivity contribution in [3.63, 3.8) is 0 Å². The van der Waals surface area contributed by atoms with E-state index in [9.17, 15) is 49.1 Å². The number of halogens is 9. The number of alkyl halides is 8. The molecule has 0 aliphatic carbocycles. The molecule has 0 atom stereocenters. The number of aromatic nitrogens is 5. The summed E-state index contributed by atoms with van der Waals surface area (Å²) in [6.45, 7) is -2.07. The van der Waals surface area contributed by atoms with Crippen LogP contribution in [-0.4, -0.2) is 35.8 Å². The van der Waals surface area contributed by atoms with Crippen LogP contribution in [0, 0.1) is 5.82 Å². The van der Waals surface area contributed by atoms with Gasteiger partial charge in [-0.1, -0.05) is 0 Å². The van der Waals surface area contributed by atoms with Crippen LogP contribution in [0.4, 0.5) is 39.5 Å². The van der Waals surface area contributed by atoms with Crippen LogP contribution in [-0.2, 0) is 19.8 Å². The molecule has 0 fully saturated rings. The first-order valence-electron chi connectivity index (χ1n) is 7.91. The van der Waals surface area contributed by atoms with Crippen LogP contribution in [0.15, 0.2) is 28.2 Å². The Bertz CT molecular complexity index is 1280. The Hall–Kier alpha value is -3.33. The quantitative estimate of drug-likeness (QED) is 0.563. The average molecular weight is 461 g/mol. The van der Waals surface area contributed by atoms with Gasteiger partial charge in [0.2, 0.25) is 11.6 Å². The molecular formula is C15H8F9N5O2. The van der Waals surface area contributed by atoms with E-state index < -0.39 is 64.4 Å². The van der Waals surface area contributed by atoms with Crippen molar-refractivity contribution in [1.82, 2.24) is 23.7 Å². The minimum absolute atomic E-state index is 0.00138. The second-order valence-corrected chi connectivity index (χ2v) is 6.28. The molecule has 0 aliphatic heterocycles. The van der Waals surface area contributed by atoms with Crippen molar-refractivity contribution in [2.24, 2.45) is 7.05 Å². The smallest absolute Gasteiger partial charge is 0.279 e. The van der Waals surface area contributed by atoms with Crippen molar-refractivity contribution in [2.75, 3.05) is 0 Å². The molecule has 0 saturated heterocycles. The van der Waals surface area contributed by atoms with Crippen molar-refractivity contribution in [3.05, 3.63) is 50.8 Å². The monoisotopic (exact) mass is 461 g/mol. The Balaban J connectivity index is 2.27. The van der Waals surface area contributed by atoms with Crippen LogP contribution < -0.4 is 11.1 Å². The summed E-state index contributed by atoms with van der Waals surface area (Å²) < 4.78 is 118. The number of aryl methyl sites for hydroxylation is 1. The Morgan fingerprint density at radius 2 is 1.58 bits per heavy atom. The summed E-state index contributed by atoms with van der Waals surface area (Å²) in [4.78, 5) is 27.4. The van der Waals surface area contributed by atoms with E-state index in [1.807, 2.05) is 0 Å². The number of hydrogen-bond donors (Lipinski definition) is 0. The largest absolute Gasteiger partial charge is 0.455 e. The van der Waals surface area contributed by atoms with Gasteiger partial charge in [0.25, 0.3) is 11.1 Å². The number of rotatable bonds is 3. The topological polar surface area (TPSA) is 74.2 Å². The van der Waals surface area contributed by atoms with Crippen molar-refractivity contribution in [1.29, 1.82) is 0 Å². The van der Waals surface area contributed by atoms with Gasteiger partial charge in [0.1, 0.15) is 6.54 Å². The summed E-state index contributed by atoms with van der Waals surface area (Å²) in [5.41, 5.74) is -6.90. The highest BCUT2D eigenvalue weighted by Gasteiger charge is 2.57. The molecule has 0 bridgehead atoms. The maximum atomic E-state index is 13.7. The molecule has 0 spiro atoms. The molecule has 3 aromatic heterocycles. The van der Waals surface area contributed by atoms with Gasteiger partial charge in [-0.05, 0) is 0 Å². The fourth-order valence-electron chi connectivity index (χ4n) is 2.63. The van der Waals surface area contributed by atoms with Crippen molar-refractivity contribution < 1.29 is 39.5 Å². The molecule has 7 nitrogen and oxygen atoms in total. The van der Waals surface area contributed by atoms with Gasteiger partial charge in [0, 0.05) is 18.8 Å². The minimum Gasteiger partial charge on any atom is -0.279 e. The van der Waals surface area contributed by atoms with E-state index in [-0.39, 0.29) is 15.3 Å². The van der Waals surface area contributed by atoms with Gasteiger partial charge in [-0.2, -0.15) is 44.6 Å². The third kappa shape index (κ3) is 3.76. The Morgan fingerprint density at radius 1 is 0.968 bits per heavy atom. The molecule has 31 heavy (non-hydrogen) atoms. The van der Waals surface area contributed by atoms with Crippen molar-refractivity contribution in [2.45, 2.75) is 24.8 Å². The molecule has 3 heterocycles. The first kappa shape index (κ1) is 22.4. The zero-order valence-corrected chi connectivity index (χ0v) is 14.9. The van der Waals surface area contributed by atoms with E-state index in [0.29, 0.717) is 17.0 Å². The van der Waals surface area contributed by atoms with Gasteiger partial charge in [-0.15, -0.1) is 0 Å². The molecule has 0 N–H and O–H groups in total. The molecule has 3 aromatic rings. The Kier molecular flexibility index (Phi) is 4.94. The summed E-state index contributed by atoms with van der Waals surface area (Å²) in [6.07, 6.45) is -10.2. The zero-order chi connectivity index (χ0) is 23.5. The number of nitrogens with zero attached hydrogens (tertiary/aromatic N) is 5. The van der Waals surface area contributed by atoms with E-state index in [4.69, 9.17) is 0 Å². The predicted octanol–water partition coefficient (Wildman–Crippen LogP) is 2.61. The lowest BCUT2D eigenvalue weighted by Crippen LogP contribution is -2.40. The summed E-state index contributed by atoms with van der Waals surface area (Å²) in [5, 5.41) is 3.15. The SMILES string of the molecule is Cn1c(=O)c(F)cn2c(=O)c(-c3cnn(CC(F)(F)C(F)(F)F)c3)c(C(F)(F)F)nc12. The first-order chi connectivity index (χ1) is 14.0. The van der Waals surface area contributed by atoms with Gasteiger partial charge in [0.15, 0.2) is 5.69 Å². The van der Waals surface area contributed by atoms with Crippen molar-refractivity contribution in [3.8, 4) is 11.1 Å². The van der Waals surface area contributed by atoms with Gasteiger partial charge in [-0.25, -0.2) is 9.38 Å². The Morgan fingerprint density at radius 3 is 2.13 bits per heavy atom. The number of fused-ring (bicyclic) bond motifs is 1. The van der Waals surface area contributed by atoms with Crippen LogP contribution in [0.25, 0.3) is 16.9 Å². The molecular weight excluding hydrogens is 453 g/mol. The van der Waals surface area contributed by atoms with Gasteiger partial charge in [0.05, 0.1) is 18.0 Å². The summed E-state index contributed by atoms with van der Waals surface area (Å²) in [5.74, 6) is -7.66. The maximum Gasteiger partial charge on any atom is 0.455 e. The van der Waals surface area contributed by atoms with E-state index in [2.05, 4.69) is 10.1 Å². The summed E-state index contributed by atoms with van der Waals surface area (Å²) >= 11 is 0. The summed E-state index contributed by atoms with van der Waals surface area (Å²) in [6, 6.07) is 0. The standard InChI is InChI=1S/C15H8F9N5O2/c1-27-10(30)7(16)4-29-11(31)8(9(14(19,20)21)26-12(27)29)6-2-25-28(3-6)5-13(17,18)15(22,23)24/h2-4H,5H2,1H3. The predicted molar refractivity (Wildman–Crippen MR) is 83.9 cm³/mol. The van der Waals surface area contributed by atoms with Gasteiger partial charge in [-0.3, -0.25) is 18.8 Å². The van der Waals surface area contributed by atoms with E-state index >= 15 is 0 Å². The molecule has 0 aliphatic rings. The van der Waals surface area contributed by atoms with Crippen LogP contribution in [0.5, 0.6) is 0 Å². The van der Waals surface area contributed by atoms with E-state index in [0.717, 1.165) is 7.05 Å². The highest BCUT2D eigenvalue weighted by atomic mass is 19.4. The van der Waals surface area contributed by atoms with Crippen molar-refractivity contribution >= 4 is 5.78 Å². The third-order valence-corrected chi connectivity index (χ3v) is 4.11. The third-order valence-electron chi connectivity index (χ3n) is 4.11. The van der Waals surface area contributed by atoms with Gasteiger partial charge >= 0.3 is 18.3 Å². The molecule has 0 aromatic carbocycles. The van der Waals surface area contributed by atoms with Crippen LogP contribution in [0.1, 0.15) is 5.69 Å². The van der Waals surface area contributed by atoms with Gasteiger partial charge < -0.3 is 0 Å². The first-order valence-corrected chi connectivity index (χ1v) is 7.91. The number of hydrogen-bond acceptors (Lipinski definition) is 4. The fraction of sp³-hybridized carbons (Fsp3) is 0.333. The van der Waals surface area contributed by atoms with Crippen LogP contribution in [0.3, 0.4) is 0 Å². The van der Waals surface area contributed by atoms with Crippen LogP contribution in [0.2, 0.25) is 0 Å². The highest BCUT2D eigenvalue weighted by Crippen LogP contribution is 2.37. The van der Waals surface area contributed by atoms with E-state index in [1.54, 1.807) is 0 Å². The molecule has 168 valence electrons. The highest BCUT2D eigenvalue weighted by molar-refractivity contribution is 5.65. The summed E-state index contributed by atoms with van der Waals surface area (Å²) in [7, 11) is 0.851. The van der Waals surface area contributed by atoms with E-state index in [1.165, 1.54) is 0 Å². The molecule has 0 saturated carbocycles. The molecule has 3 rings (SSSR count). The lowest BCUT2D eigenvalue weighted by atomic mass is 10.1. The molecule has 0 radical (unpaired) electrons. The fourth-order valence-corrected chi connectivity index (χ4v) is 2.63. The molecule has 16 heteroatoms. The normalized spacial score (nSPS) is 13.2. The zero-order valence-electron chi connectivity index (χ0n) is 14.9. The molecule has 0 amide bonds. The second kappa shape index (κ2) is 6.84. The maximum absolute atomic E-state index is 13.7. The average Bonchev–Trinajstić information content (AvgIpc) is 3.06. The Labute approximate surface area is 164 Å². The minimum atomic E-state index is -5.96. The second-order valence-electron chi connectivity index (χ2n) is 6.28. The molecule has 0 unspecified atom stereocenters. The lowest BCUT2D eigenvalue weighted by molar-refractivity contribution is -0.287. The van der Waals surface area contributed by atoms with Crippen LogP contribution >= 0.6 is 0 Å². The lowest BCUT2D eigenvalue weighted by Gasteiger charge is -2.19.